The van der Waals surface area contributed by atoms with E-state index < -0.39 is 11.8 Å². The molecule has 0 radical (unpaired) electrons. The number of carbonyl (C=O) groups excluding carboxylic acids is 2. The van der Waals surface area contributed by atoms with Gasteiger partial charge in [0.2, 0.25) is 0 Å². The fourth-order valence-electron chi connectivity index (χ4n) is 1.16. The van der Waals surface area contributed by atoms with E-state index in [1.165, 1.54) is 7.11 Å². The van der Waals surface area contributed by atoms with Crippen LogP contribution >= 0.6 is 0 Å². The third-order valence-corrected chi connectivity index (χ3v) is 1.94. The fraction of sp³-hybridized carbons (Fsp3) is 0.200. The van der Waals surface area contributed by atoms with Crippen LogP contribution in [0.15, 0.2) is 18.2 Å². The first-order chi connectivity index (χ1) is 7.58. The highest BCUT2D eigenvalue weighted by molar-refractivity contribution is 6.39. The molecule has 0 aliphatic carbocycles. The topological polar surface area (TPSA) is 93.4 Å². The summed E-state index contributed by atoms with van der Waals surface area (Å²) in [5, 5.41) is 2.40. The minimum absolute atomic E-state index is 0.427. The normalized spacial score (nSPS) is 9.44. The number of amides is 2. The van der Waals surface area contributed by atoms with Gasteiger partial charge in [0.25, 0.3) is 0 Å². The van der Waals surface area contributed by atoms with E-state index in [0.717, 1.165) is 5.56 Å². The summed E-state index contributed by atoms with van der Waals surface area (Å²) in [6, 6.07) is 5.23. The molecule has 0 heterocycles. The van der Waals surface area contributed by atoms with E-state index in [4.69, 9.17) is 10.6 Å². The Balaban J connectivity index is 2.91. The summed E-state index contributed by atoms with van der Waals surface area (Å²) in [4.78, 5) is 22.2. The summed E-state index contributed by atoms with van der Waals surface area (Å²) < 4.78 is 5.04. The van der Waals surface area contributed by atoms with Crippen molar-refractivity contribution >= 4 is 17.5 Å². The van der Waals surface area contributed by atoms with Gasteiger partial charge in [0.1, 0.15) is 5.75 Å². The van der Waals surface area contributed by atoms with E-state index >= 15 is 0 Å². The molecule has 1 aromatic rings. The van der Waals surface area contributed by atoms with Gasteiger partial charge in [0.05, 0.1) is 12.8 Å². The number of hydrogen-bond acceptors (Lipinski definition) is 4. The Morgan fingerprint density at radius 3 is 2.56 bits per heavy atom. The molecule has 1 rings (SSSR count). The molecule has 1 aromatic carbocycles. The van der Waals surface area contributed by atoms with Crippen molar-refractivity contribution in [2.24, 2.45) is 5.84 Å². The van der Waals surface area contributed by atoms with Gasteiger partial charge in [-0.25, -0.2) is 5.84 Å². The molecule has 0 spiro atoms. The number of ether oxygens (including phenoxy) is 1. The van der Waals surface area contributed by atoms with Gasteiger partial charge in [-0.15, -0.1) is 0 Å². The first-order valence-electron chi connectivity index (χ1n) is 4.55. The Hall–Kier alpha value is -2.08. The number of methoxy groups -OCH3 is 1. The molecule has 6 nitrogen and oxygen atoms in total. The van der Waals surface area contributed by atoms with Crippen LogP contribution in [-0.4, -0.2) is 18.9 Å². The lowest BCUT2D eigenvalue weighted by molar-refractivity contribution is -0.136. The lowest BCUT2D eigenvalue weighted by Crippen LogP contribution is -2.39. The Bertz CT molecular complexity index is 418. The maximum atomic E-state index is 11.3. The Labute approximate surface area is 92.7 Å². The van der Waals surface area contributed by atoms with Crippen molar-refractivity contribution in [3.05, 3.63) is 23.8 Å². The third-order valence-electron chi connectivity index (χ3n) is 1.94. The van der Waals surface area contributed by atoms with Gasteiger partial charge in [-0.05, 0) is 24.6 Å². The predicted octanol–water partition coefficient (Wildman–Crippen LogP) is -0.0680. The van der Waals surface area contributed by atoms with Crippen LogP contribution in [0.5, 0.6) is 5.75 Å². The van der Waals surface area contributed by atoms with Gasteiger partial charge in [-0.3, -0.25) is 15.0 Å². The van der Waals surface area contributed by atoms with E-state index in [0.29, 0.717) is 11.4 Å². The highest BCUT2D eigenvalue weighted by atomic mass is 16.5. The van der Waals surface area contributed by atoms with Crippen molar-refractivity contribution in [3.8, 4) is 5.75 Å². The summed E-state index contributed by atoms with van der Waals surface area (Å²) >= 11 is 0. The summed E-state index contributed by atoms with van der Waals surface area (Å²) in [6.07, 6.45) is 0. The Morgan fingerprint density at radius 1 is 1.31 bits per heavy atom. The number of aryl methyl sites for hydroxylation is 1. The van der Waals surface area contributed by atoms with Crippen molar-refractivity contribution < 1.29 is 14.3 Å². The smallest absolute Gasteiger partial charge is 0.323 e. The molecule has 16 heavy (non-hydrogen) atoms. The van der Waals surface area contributed by atoms with Gasteiger partial charge in [0.15, 0.2) is 0 Å². The summed E-state index contributed by atoms with van der Waals surface area (Å²) in [5.41, 5.74) is 3.11. The minimum atomic E-state index is -0.913. The zero-order valence-electron chi connectivity index (χ0n) is 9.03. The summed E-state index contributed by atoms with van der Waals surface area (Å²) in [6.45, 7) is 1.86. The first-order valence-corrected chi connectivity index (χ1v) is 4.55. The van der Waals surface area contributed by atoms with E-state index in [1.54, 1.807) is 17.6 Å². The second kappa shape index (κ2) is 5.13. The van der Waals surface area contributed by atoms with Crippen LogP contribution in [0.2, 0.25) is 0 Å². The van der Waals surface area contributed by atoms with Crippen LogP contribution in [0, 0.1) is 6.92 Å². The maximum Gasteiger partial charge on any atom is 0.323 e. The number of carbonyl (C=O) groups is 2. The average molecular weight is 223 g/mol. The SMILES string of the molecule is COc1ccc(C)cc1NC(=O)C(=O)NN. The maximum absolute atomic E-state index is 11.3. The molecule has 2 amide bonds. The van der Waals surface area contributed by atoms with Crippen LogP contribution in [0.3, 0.4) is 0 Å². The van der Waals surface area contributed by atoms with Gasteiger partial charge >= 0.3 is 11.8 Å². The molecule has 0 unspecified atom stereocenters. The summed E-state index contributed by atoms with van der Waals surface area (Å²) in [5.74, 6) is 3.56. The highest BCUT2D eigenvalue weighted by Crippen LogP contribution is 2.24. The first kappa shape index (κ1) is 12.0. The van der Waals surface area contributed by atoms with Crippen molar-refractivity contribution in [2.75, 3.05) is 12.4 Å². The Kier molecular flexibility index (Phi) is 3.84. The predicted molar refractivity (Wildman–Crippen MR) is 58.7 cm³/mol. The number of benzene rings is 1. The van der Waals surface area contributed by atoms with Crippen molar-refractivity contribution in [2.45, 2.75) is 6.92 Å². The molecule has 0 saturated heterocycles. The molecule has 0 aliphatic heterocycles. The number of nitrogens with two attached hydrogens (primary N) is 1. The molecule has 86 valence electrons. The molecular weight excluding hydrogens is 210 g/mol. The zero-order valence-corrected chi connectivity index (χ0v) is 9.03. The third kappa shape index (κ3) is 2.71. The quantitative estimate of drug-likeness (QED) is 0.283. The van der Waals surface area contributed by atoms with Crippen LogP contribution in [0.25, 0.3) is 0 Å². The van der Waals surface area contributed by atoms with Crippen LogP contribution in [0.4, 0.5) is 5.69 Å². The van der Waals surface area contributed by atoms with Gasteiger partial charge in [-0.1, -0.05) is 6.07 Å². The lowest BCUT2D eigenvalue weighted by Gasteiger charge is -2.10. The molecule has 4 N–H and O–H groups in total. The molecule has 0 bridgehead atoms. The van der Waals surface area contributed by atoms with E-state index in [9.17, 15) is 9.59 Å². The average Bonchev–Trinajstić information content (AvgIpc) is 2.28. The molecule has 0 atom stereocenters. The standard InChI is InChI=1S/C10H13N3O3/c1-6-3-4-8(16-2)7(5-6)12-9(14)10(15)13-11/h3-5H,11H2,1-2H3,(H,12,14)(H,13,15). The second-order valence-corrected chi connectivity index (χ2v) is 3.13. The number of rotatable bonds is 2. The zero-order chi connectivity index (χ0) is 12.1. The van der Waals surface area contributed by atoms with E-state index in [-0.39, 0.29) is 0 Å². The lowest BCUT2D eigenvalue weighted by atomic mass is 10.2. The van der Waals surface area contributed by atoms with Crippen molar-refractivity contribution in [1.29, 1.82) is 0 Å². The minimum Gasteiger partial charge on any atom is -0.495 e. The molecule has 0 fully saturated rings. The largest absolute Gasteiger partial charge is 0.495 e. The van der Waals surface area contributed by atoms with Gasteiger partial charge in [-0.2, -0.15) is 0 Å². The van der Waals surface area contributed by atoms with E-state index in [2.05, 4.69) is 5.32 Å². The number of hydrogen-bond donors (Lipinski definition) is 3. The Morgan fingerprint density at radius 2 is 2.00 bits per heavy atom. The van der Waals surface area contributed by atoms with Crippen molar-refractivity contribution in [3.63, 3.8) is 0 Å². The number of hydrazine groups is 1. The van der Waals surface area contributed by atoms with Crippen LogP contribution < -0.4 is 21.3 Å². The molecular formula is C10H13N3O3. The molecule has 6 heteroatoms. The van der Waals surface area contributed by atoms with Crippen LogP contribution in [0.1, 0.15) is 5.56 Å². The van der Waals surface area contributed by atoms with Gasteiger partial charge < -0.3 is 10.1 Å². The van der Waals surface area contributed by atoms with E-state index in [1.807, 2.05) is 13.0 Å². The molecule has 0 aliphatic rings. The van der Waals surface area contributed by atoms with Crippen LogP contribution in [-0.2, 0) is 9.59 Å². The monoisotopic (exact) mass is 223 g/mol. The molecule has 0 aromatic heterocycles. The number of anilines is 1. The molecule has 0 saturated carbocycles. The fourth-order valence-corrected chi connectivity index (χ4v) is 1.16. The number of nitrogens with one attached hydrogen (secondary N) is 2. The van der Waals surface area contributed by atoms with Crippen molar-refractivity contribution in [1.82, 2.24) is 5.43 Å². The summed E-state index contributed by atoms with van der Waals surface area (Å²) in [7, 11) is 1.48. The second-order valence-electron chi connectivity index (χ2n) is 3.13. The highest BCUT2D eigenvalue weighted by Gasteiger charge is 2.14. The van der Waals surface area contributed by atoms with Gasteiger partial charge in [0, 0.05) is 0 Å².